The van der Waals surface area contributed by atoms with Gasteiger partial charge in [-0.15, -0.1) is 24.0 Å². The summed E-state index contributed by atoms with van der Waals surface area (Å²) in [7, 11) is 0. The van der Waals surface area contributed by atoms with Crippen molar-refractivity contribution in [2.24, 2.45) is 0 Å². The van der Waals surface area contributed by atoms with Gasteiger partial charge >= 0.3 is 0 Å². The molecule has 0 saturated heterocycles. The van der Waals surface area contributed by atoms with Crippen molar-refractivity contribution >= 4 is 39.7 Å². The van der Waals surface area contributed by atoms with Crippen LogP contribution in [0, 0.1) is 17.0 Å². The first-order valence-corrected chi connectivity index (χ1v) is 5.28. The molecular formula is C9H7NO2S2. The second-order valence-corrected chi connectivity index (χ2v) is 4.34. The van der Waals surface area contributed by atoms with Crippen LogP contribution < -0.4 is 0 Å². The van der Waals surface area contributed by atoms with Crippen LogP contribution in [0.25, 0.3) is 10.1 Å². The summed E-state index contributed by atoms with van der Waals surface area (Å²) >= 11 is 5.78. The van der Waals surface area contributed by atoms with Gasteiger partial charge in [-0.05, 0) is 23.9 Å². The maximum absolute atomic E-state index is 10.7. The number of fused-ring (bicyclic) bond motifs is 1. The van der Waals surface area contributed by atoms with Gasteiger partial charge in [0.1, 0.15) is 0 Å². The fourth-order valence-electron chi connectivity index (χ4n) is 1.40. The van der Waals surface area contributed by atoms with E-state index < -0.39 is 4.92 Å². The third-order valence-electron chi connectivity index (χ3n) is 2.07. The van der Waals surface area contributed by atoms with Crippen LogP contribution in [0.5, 0.6) is 0 Å². The van der Waals surface area contributed by atoms with E-state index >= 15 is 0 Å². The van der Waals surface area contributed by atoms with Gasteiger partial charge in [-0.2, -0.15) is 0 Å². The Balaban J connectivity index is 2.86. The van der Waals surface area contributed by atoms with E-state index in [0.29, 0.717) is 4.90 Å². The third-order valence-corrected chi connectivity index (χ3v) is 3.59. The summed E-state index contributed by atoms with van der Waals surface area (Å²) in [6, 6.07) is 3.27. The van der Waals surface area contributed by atoms with E-state index in [1.807, 2.05) is 12.3 Å². The number of aryl methyl sites for hydroxylation is 1. The van der Waals surface area contributed by atoms with E-state index in [1.54, 1.807) is 17.4 Å². The molecule has 2 aromatic rings. The molecule has 0 atom stereocenters. The van der Waals surface area contributed by atoms with Gasteiger partial charge in [-0.25, -0.2) is 0 Å². The zero-order chi connectivity index (χ0) is 10.3. The van der Waals surface area contributed by atoms with Crippen LogP contribution in [0.2, 0.25) is 0 Å². The van der Waals surface area contributed by atoms with Gasteiger partial charge in [0.05, 0.1) is 9.82 Å². The minimum absolute atomic E-state index is 0.0716. The number of thiol groups is 1. The van der Waals surface area contributed by atoms with E-state index in [-0.39, 0.29) is 5.69 Å². The summed E-state index contributed by atoms with van der Waals surface area (Å²) < 4.78 is 1.04. The van der Waals surface area contributed by atoms with Crippen molar-refractivity contribution in [2.45, 2.75) is 11.8 Å². The van der Waals surface area contributed by atoms with Crippen molar-refractivity contribution in [3.8, 4) is 0 Å². The molecule has 2 rings (SSSR count). The molecule has 0 aliphatic carbocycles. The number of nitrogens with zero attached hydrogens (tertiary/aromatic N) is 1. The molecule has 3 nitrogen and oxygen atoms in total. The van der Waals surface area contributed by atoms with Crippen molar-refractivity contribution in [3.63, 3.8) is 0 Å². The number of nitro benzene ring substituents is 1. The van der Waals surface area contributed by atoms with Gasteiger partial charge in [0.15, 0.2) is 0 Å². The summed E-state index contributed by atoms with van der Waals surface area (Å²) in [4.78, 5) is 10.7. The van der Waals surface area contributed by atoms with Crippen LogP contribution in [0.15, 0.2) is 22.4 Å². The van der Waals surface area contributed by atoms with Crippen molar-refractivity contribution < 1.29 is 4.92 Å². The predicted octanol–water partition coefficient (Wildman–Crippen LogP) is 3.41. The molecule has 0 amide bonds. The van der Waals surface area contributed by atoms with E-state index in [1.165, 1.54) is 6.07 Å². The Labute approximate surface area is 89.9 Å². The number of nitro groups is 1. The molecule has 1 heterocycles. The average molecular weight is 225 g/mol. The number of hydrogen-bond donors (Lipinski definition) is 1. The summed E-state index contributed by atoms with van der Waals surface area (Å²) in [5.41, 5.74) is 1.11. The van der Waals surface area contributed by atoms with E-state index in [9.17, 15) is 10.1 Å². The van der Waals surface area contributed by atoms with Crippen LogP contribution >= 0.6 is 24.0 Å². The SMILES string of the molecule is Cc1csc2ccc([N+](=O)[O-])c(S)c12. The van der Waals surface area contributed by atoms with E-state index in [0.717, 1.165) is 15.6 Å². The number of hydrogen-bond acceptors (Lipinski definition) is 4. The molecule has 14 heavy (non-hydrogen) atoms. The normalized spacial score (nSPS) is 10.7. The van der Waals surface area contributed by atoms with Crippen LogP contribution in [-0.2, 0) is 0 Å². The molecule has 5 heteroatoms. The summed E-state index contributed by atoms with van der Waals surface area (Å²) in [5.74, 6) is 0. The molecule has 0 saturated carbocycles. The molecule has 0 bridgehead atoms. The second-order valence-electron chi connectivity index (χ2n) is 2.98. The van der Waals surface area contributed by atoms with Gasteiger partial charge in [0.25, 0.3) is 5.69 Å². The molecule has 0 spiro atoms. The Morgan fingerprint density at radius 3 is 2.86 bits per heavy atom. The quantitative estimate of drug-likeness (QED) is 0.459. The Morgan fingerprint density at radius 1 is 1.50 bits per heavy atom. The Bertz CT molecular complexity index is 519. The van der Waals surface area contributed by atoms with Crippen molar-refractivity contribution in [1.29, 1.82) is 0 Å². The monoisotopic (exact) mass is 225 g/mol. The zero-order valence-electron chi connectivity index (χ0n) is 7.35. The largest absolute Gasteiger partial charge is 0.283 e. The Hall–Kier alpha value is -1.07. The molecule has 0 N–H and O–H groups in total. The van der Waals surface area contributed by atoms with Crippen LogP contribution in [0.1, 0.15) is 5.56 Å². The topological polar surface area (TPSA) is 43.1 Å². The highest BCUT2D eigenvalue weighted by Gasteiger charge is 2.15. The van der Waals surface area contributed by atoms with Gasteiger partial charge in [-0.3, -0.25) is 10.1 Å². The number of rotatable bonds is 1. The lowest BCUT2D eigenvalue weighted by Gasteiger charge is -1.98. The minimum atomic E-state index is -0.404. The lowest BCUT2D eigenvalue weighted by atomic mass is 10.2. The fraction of sp³-hybridized carbons (Fsp3) is 0.111. The van der Waals surface area contributed by atoms with Crippen molar-refractivity contribution in [2.75, 3.05) is 0 Å². The highest BCUT2D eigenvalue weighted by molar-refractivity contribution is 7.80. The molecular weight excluding hydrogens is 218 g/mol. The first-order valence-electron chi connectivity index (χ1n) is 3.95. The first-order chi connectivity index (χ1) is 6.61. The predicted molar refractivity (Wildman–Crippen MR) is 60.5 cm³/mol. The molecule has 0 aliphatic heterocycles. The highest BCUT2D eigenvalue weighted by atomic mass is 32.1. The zero-order valence-corrected chi connectivity index (χ0v) is 9.06. The molecule has 1 aromatic heterocycles. The van der Waals surface area contributed by atoms with E-state index in [2.05, 4.69) is 12.6 Å². The Kier molecular flexibility index (Phi) is 2.20. The standard InChI is InChI=1S/C9H7NO2S2/c1-5-4-14-7-3-2-6(10(11)12)9(13)8(5)7/h2-4,13H,1H3. The van der Waals surface area contributed by atoms with Gasteiger partial charge in [0, 0.05) is 16.2 Å². The maximum atomic E-state index is 10.7. The minimum Gasteiger partial charge on any atom is -0.258 e. The van der Waals surface area contributed by atoms with Gasteiger partial charge in [-0.1, -0.05) is 0 Å². The van der Waals surface area contributed by atoms with E-state index in [4.69, 9.17) is 0 Å². The number of benzene rings is 1. The van der Waals surface area contributed by atoms with Crippen LogP contribution in [0.4, 0.5) is 5.69 Å². The van der Waals surface area contributed by atoms with Crippen LogP contribution in [-0.4, -0.2) is 4.92 Å². The molecule has 72 valence electrons. The lowest BCUT2D eigenvalue weighted by Crippen LogP contribution is -1.89. The first kappa shape index (κ1) is 9.48. The van der Waals surface area contributed by atoms with Gasteiger partial charge in [0.2, 0.25) is 0 Å². The van der Waals surface area contributed by atoms with Gasteiger partial charge < -0.3 is 0 Å². The van der Waals surface area contributed by atoms with Crippen molar-refractivity contribution in [1.82, 2.24) is 0 Å². The molecule has 0 aliphatic rings. The average Bonchev–Trinajstić information content (AvgIpc) is 2.48. The molecule has 0 unspecified atom stereocenters. The summed E-state index contributed by atoms with van der Waals surface area (Å²) in [5, 5.41) is 13.5. The molecule has 1 aromatic carbocycles. The fourth-order valence-corrected chi connectivity index (χ4v) is 2.88. The maximum Gasteiger partial charge on any atom is 0.283 e. The third kappa shape index (κ3) is 1.29. The summed E-state index contributed by atoms with van der Waals surface area (Å²) in [6.45, 7) is 1.93. The smallest absolute Gasteiger partial charge is 0.258 e. The number of thiophene rings is 1. The molecule has 0 radical (unpaired) electrons. The Morgan fingerprint density at radius 2 is 2.21 bits per heavy atom. The molecule has 0 fully saturated rings. The van der Waals surface area contributed by atoms with Crippen molar-refractivity contribution in [3.05, 3.63) is 33.2 Å². The highest BCUT2D eigenvalue weighted by Crippen LogP contribution is 2.36. The lowest BCUT2D eigenvalue weighted by molar-refractivity contribution is -0.387. The second kappa shape index (κ2) is 3.25. The summed E-state index contributed by atoms with van der Waals surface area (Å²) in [6.07, 6.45) is 0. The van der Waals surface area contributed by atoms with Crippen LogP contribution in [0.3, 0.4) is 0 Å².